The van der Waals surface area contributed by atoms with E-state index < -0.39 is 21.7 Å². The Morgan fingerprint density at radius 2 is 2.19 bits per heavy atom. The van der Waals surface area contributed by atoms with Crippen LogP contribution in [0.5, 0.6) is 0 Å². The van der Waals surface area contributed by atoms with Crippen LogP contribution in [0.4, 0.5) is 4.39 Å². The second-order valence-corrected chi connectivity index (χ2v) is 6.98. The van der Waals surface area contributed by atoms with Crippen LogP contribution in [0.15, 0.2) is 21.1 Å². The van der Waals surface area contributed by atoms with Gasteiger partial charge in [-0.15, -0.1) is 0 Å². The van der Waals surface area contributed by atoms with Gasteiger partial charge in [-0.1, -0.05) is 0 Å². The van der Waals surface area contributed by atoms with Gasteiger partial charge in [0.05, 0.1) is 4.75 Å². The summed E-state index contributed by atoms with van der Waals surface area (Å²) in [5, 5.41) is 0. The molecule has 0 aliphatic carbocycles. The van der Waals surface area contributed by atoms with Crippen molar-refractivity contribution in [3.63, 3.8) is 0 Å². The lowest BCUT2D eigenvalue weighted by Crippen LogP contribution is -2.19. The van der Waals surface area contributed by atoms with E-state index in [1.165, 1.54) is 18.5 Å². The molecule has 1 aromatic heterocycles. The third-order valence-corrected chi connectivity index (χ3v) is 3.42. The highest BCUT2D eigenvalue weighted by molar-refractivity contribution is 9.10. The zero-order valence-electron chi connectivity index (χ0n) is 9.20. The Morgan fingerprint density at radius 1 is 1.56 bits per heavy atom. The summed E-state index contributed by atoms with van der Waals surface area (Å²) in [5.41, 5.74) is 0.215. The van der Waals surface area contributed by atoms with Crippen LogP contribution in [-0.2, 0) is 11.0 Å². The van der Waals surface area contributed by atoms with Crippen LogP contribution in [0.1, 0.15) is 26.3 Å². The summed E-state index contributed by atoms with van der Waals surface area (Å²) in [6.07, 6.45) is 2.60. The summed E-state index contributed by atoms with van der Waals surface area (Å²) in [6, 6.07) is 1.53. The number of aromatic nitrogens is 1. The normalized spacial score (nSPS) is 14.3. The zero-order valence-corrected chi connectivity index (χ0v) is 11.6. The van der Waals surface area contributed by atoms with Crippen LogP contribution in [0, 0.1) is 5.95 Å². The molecule has 0 unspecified atom stereocenters. The van der Waals surface area contributed by atoms with E-state index in [1.54, 1.807) is 20.8 Å². The lowest BCUT2D eigenvalue weighted by molar-refractivity contribution is 0.581. The summed E-state index contributed by atoms with van der Waals surface area (Å²) in [5.74, 6) is -0.627. The quantitative estimate of drug-likeness (QED) is 0.623. The third kappa shape index (κ3) is 3.75. The van der Waals surface area contributed by atoms with Gasteiger partial charge in [-0.25, -0.2) is 9.19 Å². The van der Waals surface area contributed by atoms with Gasteiger partial charge in [0, 0.05) is 22.4 Å². The lowest BCUT2D eigenvalue weighted by atomic mass is 10.3. The molecule has 1 rings (SSSR count). The second kappa shape index (κ2) is 5.14. The van der Waals surface area contributed by atoms with E-state index in [4.69, 9.17) is 0 Å². The van der Waals surface area contributed by atoms with E-state index in [2.05, 4.69) is 25.3 Å². The van der Waals surface area contributed by atoms with Crippen molar-refractivity contribution in [1.29, 1.82) is 0 Å². The van der Waals surface area contributed by atoms with Gasteiger partial charge in [0.15, 0.2) is 0 Å². The van der Waals surface area contributed by atoms with Gasteiger partial charge in [0.25, 0.3) is 0 Å². The fourth-order valence-corrected chi connectivity index (χ4v) is 1.67. The Bertz CT molecular complexity index is 443. The van der Waals surface area contributed by atoms with E-state index in [9.17, 15) is 8.60 Å². The molecule has 0 fully saturated rings. The highest BCUT2D eigenvalue weighted by atomic mass is 79.9. The summed E-state index contributed by atoms with van der Waals surface area (Å²) < 4.78 is 28.8. The average Bonchev–Trinajstić information content (AvgIpc) is 2.17. The Kier molecular flexibility index (Phi) is 4.32. The van der Waals surface area contributed by atoms with E-state index in [0.29, 0.717) is 4.47 Å². The number of rotatable bonds is 2. The van der Waals surface area contributed by atoms with Crippen LogP contribution >= 0.6 is 15.9 Å². The van der Waals surface area contributed by atoms with Crippen LogP contribution < -0.4 is 0 Å². The van der Waals surface area contributed by atoms with Crippen LogP contribution in [0.25, 0.3) is 0 Å². The zero-order chi connectivity index (χ0) is 12.3. The molecule has 0 saturated heterocycles. The van der Waals surface area contributed by atoms with Gasteiger partial charge in [-0.05, 0) is 42.8 Å². The molecule has 0 spiro atoms. The van der Waals surface area contributed by atoms with Crippen molar-refractivity contribution >= 4 is 33.1 Å². The van der Waals surface area contributed by atoms with Crippen molar-refractivity contribution in [1.82, 2.24) is 4.98 Å². The predicted molar refractivity (Wildman–Crippen MR) is 67.4 cm³/mol. The van der Waals surface area contributed by atoms with E-state index >= 15 is 0 Å². The number of pyridine rings is 1. The van der Waals surface area contributed by atoms with E-state index in [1.807, 2.05) is 0 Å². The first-order valence-corrected chi connectivity index (χ1v) is 6.48. The second-order valence-electron chi connectivity index (χ2n) is 4.13. The van der Waals surface area contributed by atoms with Gasteiger partial charge in [-0.3, -0.25) is 0 Å². The number of hydrogen-bond donors (Lipinski definition) is 0. The van der Waals surface area contributed by atoms with Gasteiger partial charge >= 0.3 is 0 Å². The van der Waals surface area contributed by atoms with Crippen molar-refractivity contribution in [3.8, 4) is 0 Å². The molecule has 0 N–H and O–H groups in total. The summed E-state index contributed by atoms with van der Waals surface area (Å²) in [7, 11) is -1.39. The molecule has 16 heavy (non-hydrogen) atoms. The maximum absolute atomic E-state index is 13.2. The highest BCUT2D eigenvalue weighted by Crippen LogP contribution is 2.14. The van der Waals surface area contributed by atoms with Crippen molar-refractivity contribution in [2.45, 2.75) is 25.5 Å². The third-order valence-electron chi connectivity index (χ3n) is 1.64. The summed E-state index contributed by atoms with van der Waals surface area (Å²) >= 11 is 3.18. The van der Waals surface area contributed by atoms with Crippen LogP contribution in [0.2, 0.25) is 0 Å². The van der Waals surface area contributed by atoms with Crippen molar-refractivity contribution in [2.24, 2.45) is 4.40 Å². The largest absolute Gasteiger partial charge is 0.234 e. The van der Waals surface area contributed by atoms with Gasteiger partial charge < -0.3 is 0 Å². The lowest BCUT2D eigenvalue weighted by Gasteiger charge is -2.12. The average molecular weight is 307 g/mol. The predicted octanol–water partition coefficient (Wildman–Crippen LogP) is 2.86. The van der Waals surface area contributed by atoms with Gasteiger partial charge in [-0.2, -0.15) is 8.79 Å². The molecule has 0 aromatic carbocycles. The summed E-state index contributed by atoms with van der Waals surface area (Å²) in [4.78, 5) is 3.52. The topological polar surface area (TPSA) is 42.3 Å². The Hall–Kier alpha value is -0.620. The van der Waals surface area contributed by atoms with Crippen molar-refractivity contribution in [2.75, 3.05) is 0 Å². The standard InChI is InChI=1S/C10H12BrFN2OS/c1-10(2,3)16(15)14-5-7-4-8(11)6-13-9(7)12/h4-6H,1-3H3/b14-5+/t16-/m0/s1. The molecule has 0 aliphatic rings. The maximum Gasteiger partial charge on any atom is 0.221 e. The minimum absolute atomic E-state index is 0.215. The number of hydrogen-bond acceptors (Lipinski definition) is 2. The van der Waals surface area contributed by atoms with Crippen molar-refractivity contribution in [3.05, 3.63) is 28.2 Å². The molecule has 3 nitrogen and oxygen atoms in total. The van der Waals surface area contributed by atoms with Crippen LogP contribution in [-0.4, -0.2) is 20.2 Å². The molecule has 0 saturated carbocycles. The molecule has 1 aromatic rings. The van der Waals surface area contributed by atoms with Crippen molar-refractivity contribution < 1.29 is 8.60 Å². The van der Waals surface area contributed by atoms with Gasteiger partial charge in [0.2, 0.25) is 5.95 Å². The van der Waals surface area contributed by atoms with Gasteiger partial charge in [0.1, 0.15) is 11.0 Å². The Morgan fingerprint density at radius 3 is 2.75 bits per heavy atom. The number of halogens is 2. The first-order valence-electron chi connectivity index (χ1n) is 4.58. The maximum atomic E-state index is 13.2. The molecule has 1 atom stereocenters. The summed E-state index contributed by atoms with van der Waals surface area (Å²) in [6.45, 7) is 5.40. The molecule has 6 heteroatoms. The molecule has 88 valence electrons. The molecule has 1 heterocycles. The molecule has 0 amide bonds. The van der Waals surface area contributed by atoms with E-state index in [0.717, 1.165) is 0 Å². The highest BCUT2D eigenvalue weighted by Gasteiger charge is 2.18. The van der Waals surface area contributed by atoms with Crippen LogP contribution in [0.3, 0.4) is 0 Å². The Labute approximate surface area is 105 Å². The minimum atomic E-state index is -1.39. The monoisotopic (exact) mass is 306 g/mol. The smallest absolute Gasteiger partial charge is 0.221 e. The number of nitrogens with zero attached hydrogens (tertiary/aromatic N) is 2. The SMILES string of the molecule is CC(C)(C)[S@](=O)/N=C/c1cc(Br)cnc1F. The molecule has 0 aliphatic heterocycles. The minimum Gasteiger partial charge on any atom is -0.234 e. The first kappa shape index (κ1) is 13.4. The molecular formula is C10H12BrFN2OS. The fraction of sp³-hybridized carbons (Fsp3) is 0.400. The fourth-order valence-electron chi connectivity index (χ4n) is 0.792. The molecular weight excluding hydrogens is 295 g/mol. The molecule has 0 bridgehead atoms. The molecule has 0 radical (unpaired) electrons. The van der Waals surface area contributed by atoms with E-state index in [-0.39, 0.29) is 5.56 Å². The first-order chi connectivity index (χ1) is 7.30. The Balaban J connectivity index is 2.93.